The van der Waals surface area contributed by atoms with Crippen molar-refractivity contribution in [1.82, 2.24) is 4.90 Å². The van der Waals surface area contributed by atoms with E-state index in [2.05, 4.69) is 35.3 Å². The summed E-state index contributed by atoms with van der Waals surface area (Å²) in [6, 6.07) is 0. The van der Waals surface area contributed by atoms with E-state index in [1.54, 1.807) is 0 Å². The normalized spacial score (nSPS) is 22.9. The van der Waals surface area contributed by atoms with Crippen molar-refractivity contribution in [2.24, 2.45) is 0 Å². The zero-order chi connectivity index (χ0) is 9.64. The van der Waals surface area contributed by atoms with Gasteiger partial charge in [-0.3, -0.25) is 0 Å². The van der Waals surface area contributed by atoms with E-state index in [9.17, 15) is 0 Å². The lowest BCUT2D eigenvalue weighted by Crippen LogP contribution is -2.23. The van der Waals surface area contributed by atoms with Gasteiger partial charge in [0, 0.05) is 25.2 Å². The summed E-state index contributed by atoms with van der Waals surface area (Å²) in [5.41, 5.74) is 1.50. The van der Waals surface area contributed by atoms with Gasteiger partial charge in [-0.2, -0.15) is 0 Å². The summed E-state index contributed by atoms with van der Waals surface area (Å²) >= 11 is 0. The molecule has 0 unspecified atom stereocenters. The summed E-state index contributed by atoms with van der Waals surface area (Å²) in [7, 11) is 0. The van der Waals surface area contributed by atoms with E-state index in [-0.39, 0.29) is 0 Å². The molecule has 1 saturated heterocycles. The van der Waals surface area contributed by atoms with E-state index < -0.39 is 0 Å². The summed E-state index contributed by atoms with van der Waals surface area (Å²) < 4.78 is 0. The van der Waals surface area contributed by atoms with Crippen LogP contribution >= 0.6 is 0 Å². The summed E-state index contributed by atoms with van der Waals surface area (Å²) in [4.78, 5) is 2.56. The Morgan fingerprint density at radius 1 is 0.857 bits per heavy atom. The highest BCUT2D eigenvalue weighted by Gasteiger charge is 2.10. The van der Waals surface area contributed by atoms with Gasteiger partial charge < -0.3 is 4.90 Å². The maximum Gasteiger partial charge on any atom is 0.0175 e. The Kier molecular flexibility index (Phi) is 3.44. The van der Waals surface area contributed by atoms with E-state index in [0.29, 0.717) is 0 Å². The molecule has 76 valence electrons. The molecule has 2 aliphatic rings. The minimum atomic E-state index is 1.10. The molecule has 2 rings (SSSR count). The van der Waals surface area contributed by atoms with Gasteiger partial charge >= 0.3 is 0 Å². The molecular weight excluding hydrogens is 170 g/mol. The molecular formula is C13H19N. The Labute approximate surface area is 86.8 Å². The van der Waals surface area contributed by atoms with Crippen molar-refractivity contribution in [3.8, 4) is 0 Å². The fourth-order valence-electron chi connectivity index (χ4n) is 2.16. The Hall–Kier alpha value is -0.980. The maximum absolute atomic E-state index is 2.56. The molecule has 0 atom stereocenters. The molecule has 0 aromatic carbocycles. The highest BCUT2D eigenvalue weighted by Crippen LogP contribution is 2.18. The Morgan fingerprint density at radius 3 is 2.43 bits per heavy atom. The van der Waals surface area contributed by atoms with Crippen LogP contribution in [-0.4, -0.2) is 18.0 Å². The van der Waals surface area contributed by atoms with Crippen LogP contribution in [0.2, 0.25) is 0 Å². The molecule has 1 aliphatic heterocycles. The number of rotatable bonds is 1. The van der Waals surface area contributed by atoms with Crippen LogP contribution in [0.1, 0.15) is 32.1 Å². The Morgan fingerprint density at radius 2 is 1.64 bits per heavy atom. The van der Waals surface area contributed by atoms with Crippen LogP contribution in [0.5, 0.6) is 0 Å². The third-order valence-corrected chi connectivity index (χ3v) is 2.99. The van der Waals surface area contributed by atoms with Crippen molar-refractivity contribution < 1.29 is 0 Å². The van der Waals surface area contributed by atoms with E-state index in [1.165, 1.54) is 44.5 Å². The molecule has 1 nitrogen and oxygen atoms in total. The quantitative estimate of drug-likeness (QED) is 0.612. The third-order valence-electron chi connectivity index (χ3n) is 2.99. The van der Waals surface area contributed by atoms with Crippen LogP contribution < -0.4 is 0 Å². The van der Waals surface area contributed by atoms with Crippen molar-refractivity contribution >= 4 is 0 Å². The first-order chi connectivity index (χ1) is 6.97. The molecule has 14 heavy (non-hydrogen) atoms. The van der Waals surface area contributed by atoms with Crippen LogP contribution in [0, 0.1) is 0 Å². The lowest BCUT2D eigenvalue weighted by molar-refractivity contribution is 0.352. The summed E-state index contributed by atoms with van der Waals surface area (Å²) in [6.45, 7) is 2.51. The molecule has 0 bridgehead atoms. The molecule has 1 heteroatoms. The average Bonchev–Trinajstić information content (AvgIpc) is 2.62. The number of hydrogen-bond acceptors (Lipinski definition) is 1. The standard InChI is InChI=1S/C13H19N/c1-2-6-10-13(9-5-1)14-11-7-3-4-8-12-14/h1-2,5-6,9H,3-4,7-8,10-12H2. The molecule has 0 aromatic rings. The SMILES string of the molecule is C1=CC=C(N2CCCCCC2)CC=C1. The predicted molar refractivity (Wildman–Crippen MR) is 61.0 cm³/mol. The zero-order valence-electron chi connectivity index (χ0n) is 8.78. The molecule has 0 amide bonds. The van der Waals surface area contributed by atoms with Crippen molar-refractivity contribution in [3.63, 3.8) is 0 Å². The van der Waals surface area contributed by atoms with Crippen molar-refractivity contribution in [1.29, 1.82) is 0 Å². The van der Waals surface area contributed by atoms with Crippen LogP contribution in [0.25, 0.3) is 0 Å². The van der Waals surface area contributed by atoms with Gasteiger partial charge in [0.2, 0.25) is 0 Å². The number of hydrogen-bond donors (Lipinski definition) is 0. The van der Waals surface area contributed by atoms with Crippen molar-refractivity contribution in [3.05, 3.63) is 36.1 Å². The van der Waals surface area contributed by atoms with E-state index in [4.69, 9.17) is 0 Å². The first kappa shape index (κ1) is 9.57. The van der Waals surface area contributed by atoms with E-state index in [0.717, 1.165) is 6.42 Å². The van der Waals surface area contributed by atoms with Gasteiger partial charge in [0.25, 0.3) is 0 Å². The summed E-state index contributed by atoms with van der Waals surface area (Å²) in [6.07, 6.45) is 17.6. The Bertz CT molecular complexity index is 252. The molecule has 0 radical (unpaired) electrons. The average molecular weight is 189 g/mol. The molecule has 0 spiro atoms. The van der Waals surface area contributed by atoms with E-state index >= 15 is 0 Å². The summed E-state index contributed by atoms with van der Waals surface area (Å²) in [5.74, 6) is 0. The first-order valence-corrected chi connectivity index (χ1v) is 5.74. The minimum absolute atomic E-state index is 1.10. The molecule has 1 fully saturated rings. The van der Waals surface area contributed by atoms with Crippen molar-refractivity contribution in [2.75, 3.05) is 13.1 Å². The van der Waals surface area contributed by atoms with Crippen LogP contribution in [0.4, 0.5) is 0 Å². The lowest BCUT2D eigenvalue weighted by atomic mass is 10.2. The maximum atomic E-state index is 2.56. The third kappa shape index (κ3) is 2.50. The molecule has 0 aromatic heterocycles. The Balaban J connectivity index is 2.01. The van der Waals surface area contributed by atoms with Crippen molar-refractivity contribution in [2.45, 2.75) is 32.1 Å². The van der Waals surface area contributed by atoms with Crippen LogP contribution in [0.15, 0.2) is 36.1 Å². The second-order valence-electron chi connectivity index (χ2n) is 4.08. The lowest BCUT2D eigenvalue weighted by Gasteiger charge is -2.24. The molecule has 0 N–H and O–H groups in total. The second-order valence-corrected chi connectivity index (χ2v) is 4.08. The molecule has 1 heterocycles. The predicted octanol–water partition coefficient (Wildman–Crippen LogP) is 3.26. The van der Waals surface area contributed by atoms with E-state index in [1.807, 2.05) is 0 Å². The van der Waals surface area contributed by atoms with Gasteiger partial charge in [-0.25, -0.2) is 0 Å². The van der Waals surface area contributed by atoms with Gasteiger partial charge in [-0.1, -0.05) is 37.1 Å². The summed E-state index contributed by atoms with van der Waals surface area (Å²) in [5, 5.41) is 0. The van der Waals surface area contributed by atoms with Gasteiger partial charge in [0.05, 0.1) is 0 Å². The number of likely N-dealkylation sites (tertiary alicyclic amines) is 1. The first-order valence-electron chi connectivity index (χ1n) is 5.74. The highest BCUT2D eigenvalue weighted by molar-refractivity contribution is 5.22. The number of allylic oxidation sites excluding steroid dienone is 5. The fourth-order valence-corrected chi connectivity index (χ4v) is 2.16. The smallest absolute Gasteiger partial charge is 0.0175 e. The zero-order valence-corrected chi connectivity index (χ0v) is 8.78. The van der Waals surface area contributed by atoms with Gasteiger partial charge in [0.15, 0.2) is 0 Å². The molecule has 1 aliphatic carbocycles. The largest absolute Gasteiger partial charge is 0.375 e. The second kappa shape index (κ2) is 5.04. The minimum Gasteiger partial charge on any atom is -0.375 e. The van der Waals surface area contributed by atoms with Gasteiger partial charge in [-0.05, 0) is 18.9 Å². The fraction of sp³-hybridized carbons (Fsp3) is 0.538. The van der Waals surface area contributed by atoms with Gasteiger partial charge in [0.1, 0.15) is 0 Å². The topological polar surface area (TPSA) is 3.24 Å². The number of nitrogens with zero attached hydrogens (tertiary/aromatic N) is 1. The van der Waals surface area contributed by atoms with Gasteiger partial charge in [-0.15, -0.1) is 0 Å². The monoisotopic (exact) mass is 189 g/mol. The van der Waals surface area contributed by atoms with Crippen LogP contribution in [-0.2, 0) is 0 Å². The van der Waals surface area contributed by atoms with Crippen LogP contribution in [0.3, 0.4) is 0 Å². The highest BCUT2D eigenvalue weighted by atomic mass is 15.1. The molecule has 0 saturated carbocycles.